The Morgan fingerprint density at radius 2 is 2.19 bits per heavy atom. The van der Waals surface area contributed by atoms with Crippen LogP contribution >= 0.6 is 11.3 Å². The van der Waals surface area contributed by atoms with Crippen LogP contribution in [0.15, 0.2) is 36.5 Å². The molecule has 5 heteroatoms. The van der Waals surface area contributed by atoms with E-state index < -0.39 is 11.4 Å². The maximum atomic E-state index is 11.9. The third-order valence-electron chi connectivity index (χ3n) is 4.13. The molecule has 1 aromatic carbocycles. The van der Waals surface area contributed by atoms with Crippen molar-refractivity contribution in [2.75, 3.05) is 13.1 Å². The van der Waals surface area contributed by atoms with E-state index in [9.17, 15) is 9.90 Å². The van der Waals surface area contributed by atoms with E-state index in [4.69, 9.17) is 0 Å². The van der Waals surface area contributed by atoms with Crippen molar-refractivity contribution in [3.63, 3.8) is 0 Å². The highest BCUT2D eigenvalue weighted by molar-refractivity contribution is 7.11. The highest BCUT2D eigenvalue weighted by Gasteiger charge is 2.46. The number of thiazole rings is 1. The predicted octanol–water partition coefficient (Wildman–Crippen LogP) is 2.68. The maximum Gasteiger partial charge on any atom is 0.315 e. The molecule has 3 rings (SSSR count). The number of aromatic nitrogens is 1. The SMILES string of the molecule is Cc1ncc(CN2CCC(C(=O)O)(c3ccccc3)C2)s1. The van der Waals surface area contributed by atoms with E-state index in [1.807, 2.05) is 43.5 Å². The Hall–Kier alpha value is -1.72. The fraction of sp³-hybridized carbons (Fsp3) is 0.375. The van der Waals surface area contributed by atoms with Crippen molar-refractivity contribution in [2.24, 2.45) is 0 Å². The summed E-state index contributed by atoms with van der Waals surface area (Å²) in [5, 5.41) is 10.8. The number of rotatable bonds is 4. The predicted molar refractivity (Wildman–Crippen MR) is 82.5 cm³/mol. The number of carboxylic acids is 1. The molecule has 1 fully saturated rings. The Balaban J connectivity index is 1.80. The molecule has 1 aliphatic rings. The van der Waals surface area contributed by atoms with E-state index >= 15 is 0 Å². The minimum Gasteiger partial charge on any atom is -0.481 e. The standard InChI is InChI=1S/C16H18N2O2S/c1-12-17-9-14(21-12)10-18-8-7-16(11-18,15(19)20)13-5-3-2-4-6-13/h2-6,9H,7-8,10-11H2,1H3,(H,19,20). The van der Waals surface area contributed by atoms with Crippen LogP contribution in [0.5, 0.6) is 0 Å². The van der Waals surface area contributed by atoms with Gasteiger partial charge in [0.15, 0.2) is 0 Å². The Labute approximate surface area is 128 Å². The molecule has 0 bridgehead atoms. The van der Waals surface area contributed by atoms with Crippen LogP contribution in [-0.4, -0.2) is 34.0 Å². The molecule has 1 aliphatic heterocycles. The van der Waals surface area contributed by atoms with Gasteiger partial charge in [-0.15, -0.1) is 11.3 Å². The smallest absolute Gasteiger partial charge is 0.315 e. The van der Waals surface area contributed by atoms with Gasteiger partial charge in [-0.3, -0.25) is 9.69 Å². The van der Waals surface area contributed by atoms with Crippen LogP contribution in [0.3, 0.4) is 0 Å². The number of benzene rings is 1. The molecule has 1 unspecified atom stereocenters. The van der Waals surface area contributed by atoms with Gasteiger partial charge in [0.25, 0.3) is 0 Å². The third kappa shape index (κ3) is 2.71. The van der Waals surface area contributed by atoms with Gasteiger partial charge >= 0.3 is 5.97 Å². The largest absolute Gasteiger partial charge is 0.481 e. The summed E-state index contributed by atoms with van der Waals surface area (Å²) in [6.45, 7) is 4.14. The zero-order valence-electron chi connectivity index (χ0n) is 12.0. The van der Waals surface area contributed by atoms with Gasteiger partial charge in [-0.05, 0) is 18.9 Å². The van der Waals surface area contributed by atoms with Crippen LogP contribution < -0.4 is 0 Å². The van der Waals surface area contributed by atoms with E-state index in [0.29, 0.717) is 13.0 Å². The van der Waals surface area contributed by atoms with E-state index in [1.165, 1.54) is 4.88 Å². The van der Waals surface area contributed by atoms with Gasteiger partial charge in [-0.2, -0.15) is 0 Å². The molecule has 4 nitrogen and oxygen atoms in total. The quantitative estimate of drug-likeness (QED) is 0.943. The summed E-state index contributed by atoms with van der Waals surface area (Å²) in [6.07, 6.45) is 2.55. The van der Waals surface area contributed by atoms with Crippen molar-refractivity contribution < 1.29 is 9.90 Å². The number of carbonyl (C=O) groups is 1. The molecular formula is C16H18N2O2S. The summed E-state index contributed by atoms with van der Waals surface area (Å²) in [5.74, 6) is -0.725. The Morgan fingerprint density at radius 1 is 1.43 bits per heavy atom. The van der Waals surface area contributed by atoms with Crippen LogP contribution in [0.1, 0.15) is 21.9 Å². The Bertz CT molecular complexity index is 641. The van der Waals surface area contributed by atoms with Gasteiger partial charge < -0.3 is 5.11 Å². The monoisotopic (exact) mass is 302 g/mol. The van der Waals surface area contributed by atoms with Crippen LogP contribution in [0.2, 0.25) is 0 Å². The van der Waals surface area contributed by atoms with Crippen LogP contribution in [0.4, 0.5) is 0 Å². The van der Waals surface area contributed by atoms with Gasteiger partial charge in [0.05, 0.1) is 5.01 Å². The van der Waals surface area contributed by atoms with E-state index in [2.05, 4.69) is 9.88 Å². The summed E-state index contributed by atoms with van der Waals surface area (Å²) in [7, 11) is 0. The van der Waals surface area contributed by atoms with Gasteiger partial charge in [-0.1, -0.05) is 30.3 Å². The van der Waals surface area contributed by atoms with Crippen LogP contribution in [0.25, 0.3) is 0 Å². The topological polar surface area (TPSA) is 53.4 Å². The van der Waals surface area contributed by atoms with Crippen LogP contribution in [-0.2, 0) is 16.8 Å². The van der Waals surface area contributed by atoms with E-state index in [0.717, 1.165) is 23.7 Å². The molecule has 0 aliphatic carbocycles. The Morgan fingerprint density at radius 3 is 2.81 bits per heavy atom. The number of nitrogens with zero attached hydrogens (tertiary/aromatic N) is 2. The zero-order valence-corrected chi connectivity index (χ0v) is 12.8. The van der Waals surface area contributed by atoms with Crippen molar-refractivity contribution in [1.29, 1.82) is 0 Å². The first-order chi connectivity index (χ1) is 10.1. The molecular weight excluding hydrogens is 284 g/mol. The molecule has 1 aromatic heterocycles. The Kier molecular flexibility index (Phi) is 3.78. The van der Waals surface area contributed by atoms with Gasteiger partial charge in [0.1, 0.15) is 5.41 Å². The van der Waals surface area contributed by atoms with Gasteiger partial charge in [0, 0.05) is 30.7 Å². The normalized spacial score (nSPS) is 22.5. The molecule has 0 spiro atoms. The average molecular weight is 302 g/mol. The molecule has 1 N–H and O–H groups in total. The lowest BCUT2D eigenvalue weighted by Crippen LogP contribution is -2.38. The number of hydrogen-bond acceptors (Lipinski definition) is 4. The summed E-state index contributed by atoms with van der Waals surface area (Å²) in [5.41, 5.74) is 0.126. The highest BCUT2D eigenvalue weighted by Crippen LogP contribution is 2.35. The minimum absolute atomic E-state index is 0.559. The fourth-order valence-electron chi connectivity index (χ4n) is 3.01. The van der Waals surface area contributed by atoms with Crippen molar-refractivity contribution in [3.8, 4) is 0 Å². The lowest BCUT2D eigenvalue weighted by Gasteiger charge is -2.25. The summed E-state index contributed by atoms with van der Waals surface area (Å²) >= 11 is 1.68. The number of likely N-dealkylation sites (tertiary alicyclic amines) is 1. The summed E-state index contributed by atoms with van der Waals surface area (Å²) < 4.78 is 0. The first-order valence-corrected chi connectivity index (χ1v) is 7.84. The van der Waals surface area contributed by atoms with Gasteiger partial charge in [0.2, 0.25) is 0 Å². The average Bonchev–Trinajstić information content (AvgIpc) is 3.08. The van der Waals surface area contributed by atoms with Crippen molar-refractivity contribution in [3.05, 3.63) is 52.0 Å². The number of aliphatic carboxylic acids is 1. The van der Waals surface area contributed by atoms with Crippen molar-refractivity contribution in [1.82, 2.24) is 9.88 Å². The lowest BCUT2D eigenvalue weighted by molar-refractivity contribution is -0.143. The molecule has 2 heterocycles. The summed E-state index contributed by atoms with van der Waals surface area (Å²) in [4.78, 5) is 19.6. The first kappa shape index (κ1) is 14.2. The van der Waals surface area contributed by atoms with Gasteiger partial charge in [-0.25, -0.2) is 4.98 Å². The third-order valence-corrected chi connectivity index (χ3v) is 5.03. The molecule has 110 valence electrons. The van der Waals surface area contributed by atoms with Crippen LogP contribution in [0, 0.1) is 6.92 Å². The number of carboxylic acid groups (broad SMARTS) is 1. The lowest BCUT2D eigenvalue weighted by atomic mass is 9.80. The second-order valence-electron chi connectivity index (χ2n) is 5.56. The van der Waals surface area contributed by atoms with E-state index in [-0.39, 0.29) is 0 Å². The molecule has 0 saturated carbocycles. The molecule has 0 amide bonds. The van der Waals surface area contributed by atoms with Crippen molar-refractivity contribution >= 4 is 17.3 Å². The molecule has 0 radical (unpaired) electrons. The first-order valence-electron chi connectivity index (χ1n) is 7.03. The maximum absolute atomic E-state index is 11.9. The molecule has 2 aromatic rings. The summed E-state index contributed by atoms with van der Waals surface area (Å²) in [6, 6.07) is 9.60. The zero-order chi connectivity index (χ0) is 14.9. The highest BCUT2D eigenvalue weighted by atomic mass is 32.1. The molecule has 1 atom stereocenters. The number of aryl methyl sites for hydroxylation is 1. The molecule has 21 heavy (non-hydrogen) atoms. The fourth-order valence-corrected chi connectivity index (χ4v) is 3.85. The molecule has 1 saturated heterocycles. The number of hydrogen-bond donors (Lipinski definition) is 1. The van der Waals surface area contributed by atoms with E-state index in [1.54, 1.807) is 11.3 Å². The second kappa shape index (κ2) is 5.58. The minimum atomic E-state index is -0.777. The second-order valence-corrected chi connectivity index (χ2v) is 6.88. The van der Waals surface area contributed by atoms with Crippen molar-refractivity contribution in [2.45, 2.75) is 25.3 Å².